The van der Waals surface area contributed by atoms with Crippen molar-refractivity contribution in [3.8, 4) is 11.5 Å². The summed E-state index contributed by atoms with van der Waals surface area (Å²) in [7, 11) is 0. The third kappa shape index (κ3) is 3.76. The molecule has 8 heteroatoms. The minimum Gasteiger partial charge on any atom is -0.454 e. The van der Waals surface area contributed by atoms with Gasteiger partial charge >= 0.3 is 6.03 Å². The molecule has 0 radical (unpaired) electrons. The second-order valence-corrected chi connectivity index (χ2v) is 7.19. The maximum Gasteiger partial charge on any atom is 0.325 e. The fraction of sp³-hybridized carbons (Fsp3) is 0.333. The Morgan fingerprint density at radius 3 is 2.72 bits per heavy atom. The summed E-state index contributed by atoms with van der Waals surface area (Å²) < 4.78 is 16.1. The summed E-state index contributed by atoms with van der Waals surface area (Å²) in [5, 5.41) is 13.0. The number of hydrogen-bond acceptors (Lipinski definition) is 6. The van der Waals surface area contributed by atoms with Crippen LogP contribution >= 0.6 is 0 Å². The fourth-order valence-electron chi connectivity index (χ4n) is 3.42. The van der Waals surface area contributed by atoms with Gasteiger partial charge < -0.3 is 24.6 Å². The van der Waals surface area contributed by atoms with E-state index in [9.17, 15) is 14.7 Å². The van der Waals surface area contributed by atoms with Gasteiger partial charge in [-0.2, -0.15) is 0 Å². The molecule has 2 atom stereocenters. The van der Waals surface area contributed by atoms with Gasteiger partial charge in [-0.3, -0.25) is 9.69 Å². The Bertz CT molecular complexity index is 919. The van der Waals surface area contributed by atoms with Crippen LogP contribution in [0.25, 0.3) is 0 Å². The Hall–Kier alpha value is -3.10. The van der Waals surface area contributed by atoms with E-state index in [0.717, 1.165) is 10.5 Å². The van der Waals surface area contributed by atoms with Gasteiger partial charge in [0.2, 0.25) is 6.79 Å². The molecule has 0 unspecified atom stereocenters. The standard InChI is InChI=1S/C21H22N2O6/c1-21(15-7-8-17-18(9-15)29-13-28-17)19(25)23(20(26)22-21)10-16(24)12-27-11-14-5-3-2-4-6-14/h2-9,16,24H,10-13H2,1H3,(H,22,26)/t16-,21+/m1/s1. The molecule has 29 heavy (non-hydrogen) atoms. The highest BCUT2D eigenvalue weighted by molar-refractivity contribution is 6.07. The van der Waals surface area contributed by atoms with Gasteiger partial charge in [0.25, 0.3) is 5.91 Å². The Balaban J connectivity index is 1.38. The normalized spacial score (nSPS) is 21.4. The van der Waals surface area contributed by atoms with Gasteiger partial charge in [0.15, 0.2) is 11.5 Å². The molecule has 2 N–H and O–H groups in total. The van der Waals surface area contributed by atoms with E-state index >= 15 is 0 Å². The van der Waals surface area contributed by atoms with Crippen LogP contribution in [0.3, 0.4) is 0 Å². The van der Waals surface area contributed by atoms with E-state index in [1.165, 1.54) is 0 Å². The van der Waals surface area contributed by atoms with E-state index in [0.29, 0.717) is 23.7 Å². The van der Waals surface area contributed by atoms with Crippen LogP contribution in [0.5, 0.6) is 11.5 Å². The number of rotatable bonds is 7. The van der Waals surface area contributed by atoms with Gasteiger partial charge in [-0.1, -0.05) is 36.4 Å². The number of hydrogen-bond donors (Lipinski definition) is 2. The van der Waals surface area contributed by atoms with Gasteiger partial charge in [-0.05, 0) is 30.2 Å². The van der Waals surface area contributed by atoms with Gasteiger partial charge in [0.1, 0.15) is 5.54 Å². The van der Waals surface area contributed by atoms with Crippen LogP contribution in [0.2, 0.25) is 0 Å². The van der Waals surface area contributed by atoms with Crippen molar-refractivity contribution in [2.45, 2.75) is 25.2 Å². The zero-order chi connectivity index (χ0) is 20.4. The molecule has 152 valence electrons. The summed E-state index contributed by atoms with van der Waals surface area (Å²) in [5.74, 6) is 0.680. The summed E-state index contributed by atoms with van der Waals surface area (Å²) in [4.78, 5) is 26.4. The third-order valence-corrected chi connectivity index (χ3v) is 5.04. The number of amides is 3. The van der Waals surface area contributed by atoms with Crippen molar-refractivity contribution in [2.24, 2.45) is 0 Å². The molecular formula is C21H22N2O6. The predicted octanol–water partition coefficient (Wildman–Crippen LogP) is 1.76. The monoisotopic (exact) mass is 398 g/mol. The molecule has 0 saturated carbocycles. The van der Waals surface area contributed by atoms with Crippen molar-refractivity contribution in [1.29, 1.82) is 0 Å². The molecule has 0 aromatic heterocycles. The molecule has 4 rings (SSSR count). The number of β-amino-alcohol motifs (C(OH)–C–C–N with tert-alkyl or cyclic N) is 1. The van der Waals surface area contributed by atoms with Gasteiger partial charge in [0, 0.05) is 0 Å². The Morgan fingerprint density at radius 2 is 1.93 bits per heavy atom. The van der Waals surface area contributed by atoms with Crippen molar-refractivity contribution in [3.63, 3.8) is 0 Å². The zero-order valence-electron chi connectivity index (χ0n) is 16.0. The lowest BCUT2D eigenvalue weighted by atomic mass is 9.91. The van der Waals surface area contributed by atoms with E-state index in [2.05, 4.69) is 5.32 Å². The maximum atomic E-state index is 13.0. The van der Waals surface area contributed by atoms with Crippen molar-refractivity contribution in [3.05, 3.63) is 59.7 Å². The van der Waals surface area contributed by atoms with E-state index in [1.54, 1.807) is 25.1 Å². The van der Waals surface area contributed by atoms with Crippen LogP contribution in [-0.4, -0.2) is 48.0 Å². The van der Waals surface area contributed by atoms with Crippen LogP contribution in [0.1, 0.15) is 18.1 Å². The summed E-state index contributed by atoms with van der Waals surface area (Å²) in [6.07, 6.45) is -0.993. The average Bonchev–Trinajstić information content (AvgIpc) is 3.27. The van der Waals surface area contributed by atoms with E-state index < -0.39 is 23.6 Å². The molecule has 0 spiro atoms. The first kappa shape index (κ1) is 19.2. The SMILES string of the molecule is C[C@@]1(c2ccc3c(c2)OCO3)NC(=O)N(C[C@@H](O)COCc2ccccc2)C1=O. The van der Waals surface area contributed by atoms with Crippen molar-refractivity contribution in [1.82, 2.24) is 10.2 Å². The fourth-order valence-corrected chi connectivity index (χ4v) is 3.42. The zero-order valence-corrected chi connectivity index (χ0v) is 16.0. The maximum absolute atomic E-state index is 13.0. The summed E-state index contributed by atoms with van der Waals surface area (Å²) in [5.41, 5.74) is 0.311. The molecule has 1 fully saturated rings. The number of aliphatic hydroxyl groups is 1. The topological polar surface area (TPSA) is 97.3 Å². The van der Waals surface area contributed by atoms with Crippen LogP contribution in [0, 0.1) is 0 Å². The Morgan fingerprint density at radius 1 is 1.17 bits per heavy atom. The lowest BCUT2D eigenvalue weighted by molar-refractivity contribution is -0.132. The third-order valence-electron chi connectivity index (χ3n) is 5.04. The van der Waals surface area contributed by atoms with Crippen LogP contribution in [0.15, 0.2) is 48.5 Å². The first-order chi connectivity index (χ1) is 14.0. The van der Waals surface area contributed by atoms with E-state index in [1.807, 2.05) is 30.3 Å². The van der Waals surface area contributed by atoms with Crippen molar-refractivity contribution in [2.75, 3.05) is 19.9 Å². The first-order valence-corrected chi connectivity index (χ1v) is 9.31. The smallest absolute Gasteiger partial charge is 0.325 e. The van der Waals surface area contributed by atoms with Gasteiger partial charge in [-0.15, -0.1) is 0 Å². The lowest BCUT2D eigenvalue weighted by Crippen LogP contribution is -2.42. The molecular weight excluding hydrogens is 376 g/mol. The lowest BCUT2D eigenvalue weighted by Gasteiger charge is -2.23. The molecule has 2 aromatic rings. The number of carbonyl (C=O) groups is 2. The molecule has 3 amide bonds. The molecule has 0 bridgehead atoms. The molecule has 0 aliphatic carbocycles. The highest BCUT2D eigenvalue weighted by Crippen LogP contribution is 2.37. The van der Waals surface area contributed by atoms with Crippen molar-refractivity contribution < 1.29 is 28.9 Å². The second kappa shape index (κ2) is 7.73. The molecule has 1 saturated heterocycles. The minimum atomic E-state index is -1.25. The Labute approximate surface area is 168 Å². The highest BCUT2D eigenvalue weighted by atomic mass is 16.7. The number of nitrogens with zero attached hydrogens (tertiary/aromatic N) is 1. The van der Waals surface area contributed by atoms with Gasteiger partial charge in [0.05, 0.1) is 25.9 Å². The number of aliphatic hydroxyl groups excluding tert-OH is 1. The molecule has 8 nitrogen and oxygen atoms in total. The number of ether oxygens (including phenoxy) is 3. The number of urea groups is 1. The number of carbonyl (C=O) groups excluding carboxylic acids is 2. The average molecular weight is 398 g/mol. The highest BCUT2D eigenvalue weighted by Gasteiger charge is 2.49. The number of benzene rings is 2. The second-order valence-electron chi connectivity index (χ2n) is 7.19. The summed E-state index contributed by atoms with van der Waals surface area (Å²) >= 11 is 0. The quantitative estimate of drug-likeness (QED) is 0.690. The number of fused-ring (bicyclic) bond motifs is 1. The largest absolute Gasteiger partial charge is 0.454 e. The van der Waals surface area contributed by atoms with Crippen LogP contribution in [-0.2, 0) is 21.7 Å². The van der Waals surface area contributed by atoms with Crippen LogP contribution in [0.4, 0.5) is 4.79 Å². The summed E-state index contributed by atoms with van der Waals surface area (Å²) in [6, 6.07) is 14.1. The summed E-state index contributed by atoms with van der Waals surface area (Å²) in [6.45, 7) is 1.94. The molecule has 2 heterocycles. The molecule has 2 aliphatic rings. The predicted molar refractivity (Wildman–Crippen MR) is 102 cm³/mol. The minimum absolute atomic E-state index is 0.00664. The first-order valence-electron chi connectivity index (χ1n) is 9.31. The van der Waals surface area contributed by atoms with E-state index in [4.69, 9.17) is 14.2 Å². The number of nitrogens with one attached hydrogen (secondary N) is 1. The van der Waals surface area contributed by atoms with Gasteiger partial charge in [-0.25, -0.2) is 4.79 Å². The van der Waals surface area contributed by atoms with Crippen molar-refractivity contribution >= 4 is 11.9 Å². The molecule has 2 aromatic carbocycles. The number of imide groups is 1. The van der Waals surface area contributed by atoms with Crippen LogP contribution < -0.4 is 14.8 Å². The van der Waals surface area contributed by atoms with E-state index in [-0.39, 0.29) is 19.9 Å². The molecule has 2 aliphatic heterocycles. The Kier molecular flexibility index (Phi) is 5.12.